The van der Waals surface area contributed by atoms with Gasteiger partial charge in [0.25, 0.3) is 0 Å². The van der Waals surface area contributed by atoms with Crippen molar-refractivity contribution in [1.29, 1.82) is 0 Å². The largest absolute Gasteiger partial charge is 0.459 e. The molecule has 30 heavy (non-hydrogen) atoms. The van der Waals surface area contributed by atoms with Gasteiger partial charge in [0.2, 0.25) is 0 Å². The number of ether oxygens (including phenoxy) is 3. The highest BCUT2D eigenvalue weighted by Gasteiger charge is 2.66. The minimum atomic E-state index is -0.778. The zero-order valence-corrected chi connectivity index (χ0v) is 19.1. The Balaban J connectivity index is 1.80. The molecule has 0 aromatic rings. The highest BCUT2D eigenvalue weighted by atomic mass is 16.6. The molecule has 0 spiro atoms. The van der Waals surface area contributed by atoms with Crippen LogP contribution in [0.4, 0.5) is 0 Å². The van der Waals surface area contributed by atoms with Gasteiger partial charge in [0, 0.05) is 25.7 Å². The normalized spacial score (nSPS) is 45.1. The number of hydrogen-bond acceptors (Lipinski definition) is 6. The zero-order valence-electron chi connectivity index (χ0n) is 19.1. The van der Waals surface area contributed by atoms with Gasteiger partial charge in [-0.05, 0) is 53.6 Å². The van der Waals surface area contributed by atoms with Gasteiger partial charge in [-0.1, -0.05) is 27.7 Å². The highest BCUT2D eigenvalue weighted by Crippen LogP contribution is 2.64. The Morgan fingerprint density at radius 1 is 1.10 bits per heavy atom. The van der Waals surface area contributed by atoms with E-state index in [1.165, 1.54) is 19.4 Å². The van der Waals surface area contributed by atoms with Crippen LogP contribution in [0.15, 0.2) is 11.1 Å². The standard InChI is InChI=1S/C24H36O6/c1-12(2)17-22(30-14(4)26)20(27)19-21-18-15(11-28-21)16(29-13(3)25)7-8-23(18,5)9-10-24(17,19)6/h12,16-17,19-22,27H,7-11H2,1-6H3. The molecule has 0 aromatic carbocycles. The summed E-state index contributed by atoms with van der Waals surface area (Å²) >= 11 is 0. The lowest BCUT2D eigenvalue weighted by Gasteiger charge is -2.40. The van der Waals surface area contributed by atoms with Crippen molar-refractivity contribution in [3.8, 4) is 0 Å². The molecule has 6 heteroatoms. The van der Waals surface area contributed by atoms with Gasteiger partial charge in [0.1, 0.15) is 12.2 Å². The fraction of sp³-hybridized carbons (Fsp3) is 0.833. The third kappa shape index (κ3) is 3.13. The van der Waals surface area contributed by atoms with Crippen molar-refractivity contribution < 1.29 is 28.9 Å². The monoisotopic (exact) mass is 420 g/mol. The van der Waals surface area contributed by atoms with Crippen molar-refractivity contribution >= 4 is 11.9 Å². The van der Waals surface area contributed by atoms with Gasteiger partial charge < -0.3 is 19.3 Å². The molecule has 6 nitrogen and oxygen atoms in total. The van der Waals surface area contributed by atoms with Gasteiger partial charge in [0.15, 0.2) is 0 Å². The molecule has 0 radical (unpaired) electrons. The molecule has 1 N–H and O–H groups in total. The Labute approximate surface area is 179 Å². The molecule has 168 valence electrons. The molecular formula is C24H36O6. The SMILES string of the molecule is CC(=O)OC1CCC2(C)CCC3(C)C(C4OCC1=C42)C(O)C(OC(C)=O)C3C(C)C. The molecular weight excluding hydrogens is 384 g/mol. The summed E-state index contributed by atoms with van der Waals surface area (Å²) < 4.78 is 17.7. The van der Waals surface area contributed by atoms with Crippen molar-refractivity contribution in [2.45, 2.75) is 91.6 Å². The van der Waals surface area contributed by atoms with Gasteiger partial charge in [-0.3, -0.25) is 9.59 Å². The maximum Gasteiger partial charge on any atom is 0.303 e. The molecule has 0 bridgehead atoms. The summed E-state index contributed by atoms with van der Waals surface area (Å²) in [6.45, 7) is 12.2. The number of fused-ring (bicyclic) bond motifs is 2. The van der Waals surface area contributed by atoms with Crippen LogP contribution >= 0.6 is 0 Å². The first-order chi connectivity index (χ1) is 14.0. The minimum Gasteiger partial charge on any atom is -0.459 e. The molecule has 3 aliphatic carbocycles. The number of carbonyl (C=O) groups is 2. The van der Waals surface area contributed by atoms with E-state index in [0.29, 0.717) is 6.61 Å². The summed E-state index contributed by atoms with van der Waals surface area (Å²) in [5.41, 5.74) is 2.10. The van der Waals surface area contributed by atoms with Crippen LogP contribution in [-0.4, -0.2) is 48.1 Å². The second kappa shape index (κ2) is 7.33. The second-order valence-corrected chi connectivity index (χ2v) is 10.7. The van der Waals surface area contributed by atoms with Gasteiger partial charge in [-0.25, -0.2) is 0 Å². The van der Waals surface area contributed by atoms with Crippen LogP contribution in [0.3, 0.4) is 0 Å². The average molecular weight is 421 g/mol. The smallest absolute Gasteiger partial charge is 0.303 e. The van der Waals surface area contributed by atoms with Crippen molar-refractivity contribution in [3.63, 3.8) is 0 Å². The predicted octanol–water partition coefficient (Wildman–Crippen LogP) is 3.41. The van der Waals surface area contributed by atoms with Crippen LogP contribution in [0.25, 0.3) is 0 Å². The average Bonchev–Trinajstić information content (AvgIpc) is 3.12. The second-order valence-electron chi connectivity index (χ2n) is 10.7. The van der Waals surface area contributed by atoms with Crippen LogP contribution in [0.5, 0.6) is 0 Å². The molecule has 1 heterocycles. The third-order valence-electron chi connectivity index (χ3n) is 8.50. The molecule has 1 aliphatic heterocycles. The van der Waals surface area contributed by atoms with Crippen molar-refractivity contribution in [3.05, 3.63) is 11.1 Å². The summed E-state index contributed by atoms with van der Waals surface area (Å²) in [5, 5.41) is 11.5. The van der Waals surface area contributed by atoms with Crippen LogP contribution in [0, 0.1) is 28.6 Å². The first kappa shape index (κ1) is 21.8. The first-order valence-electron chi connectivity index (χ1n) is 11.4. The minimum absolute atomic E-state index is 0.0152. The van der Waals surface area contributed by atoms with E-state index in [0.717, 1.165) is 31.3 Å². The number of aliphatic hydroxyl groups excluding tert-OH is 1. The van der Waals surface area contributed by atoms with E-state index in [9.17, 15) is 14.7 Å². The van der Waals surface area contributed by atoms with Crippen LogP contribution in [0.1, 0.15) is 67.2 Å². The van der Waals surface area contributed by atoms with E-state index >= 15 is 0 Å². The Morgan fingerprint density at radius 3 is 2.37 bits per heavy atom. The Morgan fingerprint density at radius 2 is 1.77 bits per heavy atom. The molecule has 0 saturated heterocycles. The number of rotatable bonds is 3. The van der Waals surface area contributed by atoms with Crippen LogP contribution in [0.2, 0.25) is 0 Å². The fourth-order valence-electron chi connectivity index (χ4n) is 7.44. The predicted molar refractivity (Wildman–Crippen MR) is 110 cm³/mol. The molecule has 0 aromatic heterocycles. The Bertz CT molecular complexity index is 772. The number of aliphatic hydroxyl groups is 1. The Hall–Kier alpha value is -1.40. The van der Waals surface area contributed by atoms with E-state index in [1.807, 2.05) is 0 Å². The molecule has 4 rings (SSSR count). The van der Waals surface area contributed by atoms with Crippen LogP contribution in [-0.2, 0) is 23.8 Å². The quantitative estimate of drug-likeness (QED) is 0.557. The lowest BCUT2D eigenvalue weighted by Crippen LogP contribution is -2.42. The van der Waals surface area contributed by atoms with E-state index in [2.05, 4.69) is 27.7 Å². The number of carbonyl (C=O) groups excluding carboxylic acids is 2. The van der Waals surface area contributed by atoms with E-state index in [4.69, 9.17) is 14.2 Å². The van der Waals surface area contributed by atoms with Gasteiger partial charge in [-0.15, -0.1) is 0 Å². The van der Waals surface area contributed by atoms with Gasteiger partial charge in [0.05, 0.1) is 18.8 Å². The maximum atomic E-state index is 11.9. The summed E-state index contributed by atoms with van der Waals surface area (Å²) in [6, 6.07) is 0. The van der Waals surface area contributed by atoms with Crippen molar-refractivity contribution in [2.75, 3.05) is 6.61 Å². The summed E-state index contributed by atoms with van der Waals surface area (Å²) in [6.07, 6.45) is 1.94. The zero-order chi connectivity index (χ0) is 22.0. The van der Waals surface area contributed by atoms with Crippen molar-refractivity contribution in [1.82, 2.24) is 0 Å². The summed E-state index contributed by atoms with van der Waals surface area (Å²) in [7, 11) is 0. The van der Waals surface area contributed by atoms with Gasteiger partial charge >= 0.3 is 11.9 Å². The molecule has 8 unspecified atom stereocenters. The number of esters is 2. The molecule has 4 aliphatic rings. The lowest BCUT2D eigenvalue weighted by molar-refractivity contribution is -0.156. The van der Waals surface area contributed by atoms with E-state index in [-0.39, 0.29) is 52.7 Å². The number of hydrogen-bond donors (Lipinski definition) is 1. The van der Waals surface area contributed by atoms with Crippen molar-refractivity contribution in [2.24, 2.45) is 28.6 Å². The van der Waals surface area contributed by atoms with E-state index in [1.54, 1.807) is 0 Å². The highest BCUT2D eigenvalue weighted by molar-refractivity contribution is 5.67. The Kier molecular flexibility index (Phi) is 5.33. The maximum absolute atomic E-state index is 11.9. The van der Waals surface area contributed by atoms with E-state index < -0.39 is 12.2 Å². The first-order valence-corrected chi connectivity index (χ1v) is 11.4. The molecule has 2 saturated carbocycles. The summed E-state index contributed by atoms with van der Waals surface area (Å²) in [5.74, 6) is -0.457. The topological polar surface area (TPSA) is 82.1 Å². The lowest BCUT2D eigenvalue weighted by atomic mass is 9.65. The molecule has 2 fully saturated rings. The third-order valence-corrected chi connectivity index (χ3v) is 8.50. The summed E-state index contributed by atoms with van der Waals surface area (Å²) in [4.78, 5) is 23.5. The molecule has 0 amide bonds. The van der Waals surface area contributed by atoms with Crippen LogP contribution < -0.4 is 0 Å². The fourth-order valence-corrected chi connectivity index (χ4v) is 7.44. The van der Waals surface area contributed by atoms with Gasteiger partial charge in [-0.2, -0.15) is 0 Å². The molecule has 8 atom stereocenters.